The number of fused-ring (bicyclic) bond motifs is 1. The van der Waals surface area contributed by atoms with Crippen molar-refractivity contribution in [2.75, 3.05) is 50.7 Å². The Bertz CT molecular complexity index is 896. The van der Waals surface area contributed by atoms with Gasteiger partial charge in [0.15, 0.2) is 5.82 Å². The zero-order valence-electron chi connectivity index (χ0n) is 17.3. The highest BCUT2D eigenvalue weighted by molar-refractivity contribution is 5.78. The molecule has 2 aromatic heterocycles. The zero-order chi connectivity index (χ0) is 20.0. The second kappa shape index (κ2) is 7.40. The number of carbonyl (C=O) groups is 1. The summed E-state index contributed by atoms with van der Waals surface area (Å²) in [6, 6.07) is 4.11. The zero-order valence-corrected chi connectivity index (χ0v) is 17.3. The van der Waals surface area contributed by atoms with Gasteiger partial charge >= 0.3 is 0 Å². The minimum absolute atomic E-state index is 0.331. The summed E-state index contributed by atoms with van der Waals surface area (Å²) in [7, 11) is 0. The van der Waals surface area contributed by atoms with Crippen LogP contribution in [0.2, 0.25) is 0 Å². The molecule has 8 nitrogen and oxygen atoms in total. The lowest BCUT2D eigenvalue weighted by Gasteiger charge is -2.24. The Morgan fingerprint density at radius 3 is 2.41 bits per heavy atom. The molecule has 0 saturated carbocycles. The molecular weight excluding hydrogens is 366 g/mol. The third-order valence-corrected chi connectivity index (χ3v) is 6.61. The standard InChI is InChI=1S/C21H29N7O/c1-15-8-16(2)28(24-15)20-9-19(22-14-23-20)27-12-17-10-25(11-18(17)13-27)6-7-26-5-3-4-21(26)29/h8-9,14,17-18H,3-7,10-13H2,1-2H3. The highest BCUT2D eigenvalue weighted by atomic mass is 16.2. The number of hydrogen-bond acceptors (Lipinski definition) is 6. The average molecular weight is 396 g/mol. The molecule has 2 aromatic rings. The number of hydrogen-bond donors (Lipinski definition) is 0. The van der Waals surface area contributed by atoms with E-state index in [1.807, 2.05) is 23.4 Å². The van der Waals surface area contributed by atoms with Crippen LogP contribution in [0.1, 0.15) is 24.2 Å². The van der Waals surface area contributed by atoms with E-state index in [0.717, 1.165) is 81.7 Å². The molecule has 0 aromatic carbocycles. The number of anilines is 1. The van der Waals surface area contributed by atoms with Gasteiger partial charge in [0.05, 0.1) is 5.69 Å². The predicted molar refractivity (Wildman–Crippen MR) is 110 cm³/mol. The Balaban J connectivity index is 1.20. The average Bonchev–Trinajstić information content (AvgIpc) is 3.44. The number of carbonyl (C=O) groups excluding carboxylic acids is 1. The molecule has 0 spiro atoms. The van der Waals surface area contributed by atoms with E-state index < -0.39 is 0 Å². The van der Waals surface area contributed by atoms with Gasteiger partial charge in [-0.2, -0.15) is 5.10 Å². The summed E-state index contributed by atoms with van der Waals surface area (Å²) < 4.78 is 1.89. The second-order valence-corrected chi connectivity index (χ2v) is 8.74. The summed E-state index contributed by atoms with van der Waals surface area (Å²) >= 11 is 0. The van der Waals surface area contributed by atoms with Gasteiger partial charge in [-0.15, -0.1) is 0 Å². The fraction of sp³-hybridized carbons (Fsp3) is 0.619. The van der Waals surface area contributed by atoms with Gasteiger partial charge < -0.3 is 14.7 Å². The summed E-state index contributed by atoms with van der Waals surface area (Å²) in [5.74, 6) is 3.51. The second-order valence-electron chi connectivity index (χ2n) is 8.74. The summed E-state index contributed by atoms with van der Waals surface area (Å²) in [4.78, 5) is 27.7. The molecule has 5 heterocycles. The normalized spacial score (nSPS) is 24.7. The highest BCUT2D eigenvalue weighted by Gasteiger charge is 2.40. The number of amides is 1. The van der Waals surface area contributed by atoms with Gasteiger partial charge in [-0.05, 0) is 38.2 Å². The monoisotopic (exact) mass is 395 g/mol. The largest absolute Gasteiger partial charge is 0.356 e. The van der Waals surface area contributed by atoms with Crippen molar-refractivity contribution in [3.8, 4) is 5.82 Å². The van der Waals surface area contributed by atoms with Gasteiger partial charge in [0, 0.05) is 64.0 Å². The van der Waals surface area contributed by atoms with Crippen LogP contribution in [0.5, 0.6) is 0 Å². The molecule has 1 amide bonds. The smallest absolute Gasteiger partial charge is 0.222 e. The number of nitrogens with zero attached hydrogens (tertiary/aromatic N) is 7. The van der Waals surface area contributed by atoms with E-state index in [-0.39, 0.29) is 0 Å². The van der Waals surface area contributed by atoms with E-state index in [9.17, 15) is 4.79 Å². The number of likely N-dealkylation sites (tertiary alicyclic amines) is 2. The van der Waals surface area contributed by atoms with Gasteiger partial charge in [0.2, 0.25) is 5.91 Å². The predicted octanol–water partition coefficient (Wildman–Crippen LogP) is 1.27. The Hall–Kier alpha value is -2.48. The fourth-order valence-electron chi connectivity index (χ4n) is 5.15. The van der Waals surface area contributed by atoms with Crippen molar-refractivity contribution in [2.24, 2.45) is 11.8 Å². The molecule has 2 atom stereocenters. The third kappa shape index (κ3) is 3.61. The van der Waals surface area contributed by atoms with Crippen molar-refractivity contribution >= 4 is 11.7 Å². The molecule has 0 bridgehead atoms. The van der Waals surface area contributed by atoms with Gasteiger partial charge in [-0.25, -0.2) is 14.6 Å². The SMILES string of the molecule is Cc1cc(C)n(-c2cc(N3CC4CN(CCN5CCCC5=O)CC4C3)ncn2)n1. The summed E-state index contributed by atoms with van der Waals surface area (Å²) in [6.45, 7) is 11.2. The third-order valence-electron chi connectivity index (χ3n) is 6.61. The molecule has 3 aliphatic rings. The molecule has 154 valence electrons. The molecule has 3 aliphatic heterocycles. The first-order chi connectivity index (χ1) is 14.1. The topological polar surface area (TPSA) is 70.4 Å². The lowest BCUT2D eigenvalue weighted by molar-refractivity contribution is -0.127. The van der Waals surface area contributed by atoms with E-state index >= 15 is 0 Å². The molecule has 5 rings (SSSR count). The molecule has 29 heavy (non-hydrogen) atoms. The van der Waals surface area contributed by atoms with Crippen LogP contribution < -0.4 is 4.90 Å². The van der Waals surface area contributed by atoms with Crippen LogP contribution in [-0.4, -0.2) is 81.3 Å². The molecule has 2 unspecified atom stereocenters. The van der Waals surface area contributed by atoms with Gasteiger partial charge in [-0.1, -0.05) is 0 Å². The Morgan fingerprint density at radius 2 is 1.76 bits per heavy atom. The van der Waals surface area contributed by atoms with Crippen LogP contribution >= 0.6 is 0 Å². The van der Waals surface area contributed by atoms with E-state index in [0.29, 0.717) is 17.7 Å². The van der Waals surface area contributed by atoms with Crippen LogP contribution in [0.25, 0.3) is 5.82 Å². The highest BCUT2D eigenvalue weighted by Crippen LogP contribution is 2.33. The van der Waals surface area contributed by atoms with Crippen LogP contribution in [0.15, 0.2) is 18.5 Å². The van der Waals surface area contributed by atoms with E-state index in [1.165, 1.54) is 0 Å². The first-order valence-electron chi connectivity index (χ1n) is 10.7. The quantitative estimate of drug-likeness (QED) is 0.759. The van der Waals surface area contributed by atoms with E-state index in [1.54, 1.807) is 6.33 Å². The lowest BCUT2D eigenvalue weighted by Crippen LogP contribution is -2.36. The van der Waals surface area contributed by atoms with Crippen molar-refractivity contribution in [3.63, 3.8) is 0 Å². The van der Waals surface area contributed by atoms with Crippen molar-refractivity contribution in [1.29, 1.82) is 0 Å². The fourth-order valence-corrected chi connectivity index (χ4v) is 5.15. The van der Waals surface area contributed by atoms with Crippen molar-refractivity contribution in [1.82, 2.24) is 29.5 Å². The molecule has 8 heteroatoms. The Labute approximate surface area is 171 Å². The molecule has 3 fully saturated rings. The summed E-state index contributed by atoms with van der Waals surface area (Å²) in [5.41, 5.74) is 2.08. The number of aryl methyl sites for hydroxylation is 2. The lowest BCUT2D eigenvalue weighted by atomic mass is 10.0. The Morgan fingerprint density at radius 1 is 1.00 bits per heavy atom. The van der Waals surface area contributed by atoms with Crippen LogP contribution in [0, 0.1) is 25.7 Å². The minimum Gasteiger partial charge on any atom is -0.356 e. The van der Waals surface area contributed by atoms with Gasteiger partial charge in [0.25, 0.3) is 0 Å². The molecule has 3 saturated heterocycles. The van der Waals surface area contributed by atoms with Crippen molar-refractivity contribution in [3.05, 3.63) is 29.8 Å². The first kappa shape index (κ1) is 18.5. The van der Waals surface area contributed by atoms with Gasteiger partial charge in [0.1, 0.15) is 12.1 Å². The van der Waals surface area contributed by atoms with Crippen LogP contribution in [0.3, 0.4) is 0 Å². The molecule has 0 radical (unpaired) electrons. The first-order valence-corrected chi connectivity index (χ1v) is 10.7. The summed E-state index contributed by atoms with van der Waals surface area (Å²) in [6.07, 6.45) is 3.41. The maximum atomic E-state index is 11.8. The Kier molecular flexibility index (Phi) is 4.73. The number of rotatable bonds is 5. The number of aromatic nitrogens is 4. The van der Waals surface area contributed by atoms with E-state index in [4.69, 9.17) is 0 Å². The van der Waals surface area contributed by atoms with Gasteiger partial charge in [-0.3, -0.25) is 4.79 Å². The molecular formula is C21H29N7O. The van der Waals surface area contributed by atoms with Crippen LogP contribution in [0.4, 0.5) is 5.82 Å². The van der Waals surface area contributed by atoms with E-state index in [2.05, 4.69) is 37.0 Å². The van der Waals surface area contributed by atoms with Crippen LogP contribution in [-0.2, 0) is 4.79 Å². The molecule has 0 N–H and O–H groups in total. The summed E-state index contributed by atoms with van der Waals surface area (Å²) in [5, 5.41) is 4.55. The van der Waals surface area contributed by atoms with Crippen molar-refractivity contribution in [2.45, 2.75) is 26.7 Å². The minimum atomic E-state index is 0.331. The maximum Gasteiger partial charge on any atom is 0.222 e. The van der Waals surface area contributed by atoms with Crippen molar-refractivity contribution < 1.29 is 4.79 Å². The molecule has 0 aliphatic carbocycles. The maximum absolute atomic E-state index is 11.8.